The van der Waals surface area contributed by atoms with Crippen molar-refractivity contribution >= 4 is 11.6 Å². The standard InChI is InChI=1S/C12H19ClN4/c1-9(2)15-12(4,8-14)5-6-17-7-11(13)10(3)16-17/h7,9,15H,5-6H2,1-4H3. The quantitative estimate of drug-likeness (QED) is 0.879. The zero-order valence-electron chi connectivity index (χ0n) is 10.8. The normalized spacial score (nSPS) is 14.6. The lowest BCUT2D eigenvalue weighted by atomic mass is 9.99. The fourth-order valence-corrected chi connectivity index (χ4v) is 1.89. The molecule has 4 nitrogen and oxygen atoms in total. The average Bonchev–Trinajstić information content (AvgIpc) is 2.55. The smallest absolute Gasteiger partial charge is 0.105 e. The van der Waals surface area contributed by atoms with Crippen molar-refractivity contribution in [2.24, 2.45) is 0 Å². The fourth-order valence-electron chi connectivity index (χ4n) is 1.74. The Labute approximate surface area is 108 Å². The largest absolute Gasteiger partial charge is 0.297 e. The molecule has 0 saturated carbocycles. The van der Waals surface area contributed by atoms with E-state index in [-0.39, 0.29) is 6.04 Å². The SMILES string of the molecule is Cc1nn(CCC(C)(C#N)NC(C)C)cc1Cl. The number of hydrogen-bond acceptors (Lipinski definition) is 3. The van der Waals surface area contributed by atoms with Crippen LogP contribution in [-0.2, 0) is 6.54 Å². The molecule has 1 aromatic heterocycles. The van der Waals surface area contributed by atoms with E-state index in [1.807, 2.05) is 27.7 Å². The molecular weight excluding hydrogens is 236 g/mol. The number of aromatic nitrogens is 2. The van der Waals surface area contributed by atoms with Gasteiger partial charge in [-0.25, -0.2) is 0 Å². The van der Waals surface area contributed by atoms with Crippen LogP contribution in [0.1, 0.15) is 32.9 Å². The van der Waals surface area contributed by atoms with Gasteiger partial charge < -0.3 is 0 Å². The van der Waals surface area contributed by atoms with Gasteiger partial charge in [0.1, 0.15) is 5.54 Å². The van der Waals surface area contributed by atoms with Crippen molar-refractivity contribution in [1.82, 2.24) is 15.1 Å². The Kier molecular flexibility index (Phi) is 4.55. The van der Waals surface area contributed by atoms with Crippen molar-refractivity contribution in [3.63, 3.8) is 0 Å². The Balaban J connectivity index is 2.62. The van der Waals surface area contributed by atoms with E-state index >= 15 is 0 Å². The molecule has 1 heterocycles. The third kappa shape index (κ3) is 4.03. The van der Waals surface area contributed by atoms with Crippen LogP contribution in [0.2, 0.25) is 5.02 Å². The van der Waals surface area contributed by atoms with Crippen molar-refractivity contribution in [3.8, 4) is 6.07 Å². The minimum atomic E-state index is -0.527. The molecule has 1 atom stereocenters. The van der Waals surface area contributed by atoms with Gasteiger partial charge >= 0.3 is 0 Å². The Morgan fingerprint density at radius 1 is 1.65 bits per heavy atom. The van der Waals surface area contributed by atoms with Gasteiger partial charge in [0.2, 0.25) is 0 Å². The summed E-state index contributed by atoms with van der Waals surface area (Å²) in [5.74, 6) is 0. The molecule has 0 saturated heterocycles. The maximum absolute atomic E-state index is 9.20. The molecule has 1 aromatic rings. The lowest BCUT2D eigenvalue weighted by Gasteiger charge is -2.25. The first-order valence-corrected chi connectivity index (χ1v) is 6.12. The molecule has 0 aromatic carbocycles. The van der Waals surface area contributed by atoms with Gasteiger partial charge in [-0.15, -0.1) is 0 Å². The summed E-state index contributed by atoms with van der Waals surface area (Å²) in [4.78, 5) is 0. The molecule has 0 fully saturated rings. The summed E-state index contributed by atoms with van der Waals surface area (Å²) in [5, 5.41) is 17.4. The van der Waals surface area contributed by atoms with Gasteiger partial charge in [0, 0.05) is 18.8 Å². The van der Waals surface area contributed by atoms with Gasteiger partial charge in [0.25, 0.3) is 0 Å². The van der Waals surface area contributed by atoms with E-state index in [2.05, 4.69) is 16.5 Å². The first-order chi connectivity index (χ1) is 7.86. The maximum Gasteiger partial charge on any atom is 0.105 e. The number of nitrogens with zero attached hydrogens (tertiary/aromatic N) is 3. The lowest BCUT2D eigenvalue weighted by molar-refractivity contribution is 0.355. The second-order valence-electron chi connectivity index (χ2n) is 4.82. The van der Waals surface area contributed by atoms with Crippen LogP contribution < -0.4 is 5.32 Å². The molecule has 17 heavy (non-hydrogen) atoms. The number of hydrogen-bond donors (Lipinski definition) is 1. The monoisotopic (exact) mass is 254 g/mol. The third-order valence-corrected chi connectivity index (χ3v) is 2.95. The van der Waals surface area contributed by atoms with Gasteiger partial charge in [0.15, 0.2) is 0 Å². The highest BCUT2D eigenvalue weighted by molar-refractivity contribution is 6.31. The summed E-state index contributed by atoms with van der Waals surface area (Å²) in [6.07, 6.45) is 2.49. The van der Waals surface area contributed by atoms with Gasteiger partial charge in [-0.2, -0.15) is 10.4 Å². The molecule has 1 unspecified atom stereocenters. The molecule has 0 radical (unpaired) electrons. The predicted molar refractivity (Wildman–Crippen MR) is 68.9 cm³/mol. The van der Waals surface area contributed by atoms with Crippen molar-refractivity contribution < 1.29 is 0 Å². The number of halogens is 1. The highest BCUT2D eigenvalue weighted by Gasteiger charge is 2.24. The van der Waals surface area contributed by atoms with Crippen LogP contribution in [0, 0.1) is 18.3 Å². The Morgan fingerprint density at radius 3 is 2.71 bits per heavy atom. The number of nitriles is 1. The molecule has 0 bridgehead atoms. The van der Waals surface area contributed by atoms with E-state index in [9.17, 15) is 5.26 Å². The minimum absolute atomic E-state index is 0.280. The van der Waals surface area contributed by atoms with E-state index in [1.165, 1.54) is 0 Å². The molecule has 1 rings (SSSR count). The molecule has 1 N–H and O–H groups in total. The Hall–Kier alpha value is -1.05. The first kappa shape index (κ1) is 14.0. The summed E-state index contributed by atoms with van der Waals surface area (Å²) >= 11 is 5.93. The zero-order chi connectivity index (χ0) is 13.1. The highest BCUT2D eigenvalue weighted by atomic mass is 35.5. The molecule has 0 aliphatic carbocycles. The third-order valence-electron chi connectivity index (χ3n) is 2.58. The molecule has 0 spiro atoms. The minimum Gasteiger partial charge on any atom is -0.297 e. The molecule has 5 heteroatoms. The summed E-state index contributed by atoms with van der Waals surface area (Å²) in [5.41, 5.74) is 0.294. The summed E-state index contributed by atoms with van der Waals surface area (Å²) < 4.78 is 1.79. The van der Waals surface area contributed by atoms with E-state index in [1.54, 1.807) is 10.9 Å². The second kappa shape index (κ2) is 5.52. The van der Waals surface area contributed by atoms with E-state index in [4.69, 9.17) is 11.6 Å². The second-order valence-corrected chi connectivity index (χ2v) is 5.23. The molecule has 0 aliphatic heterocycles. The lowest BCUT2D eigenvalue weighted by Crippen LogP contribution is -2.45. The van der Waals surface area contributed by atoms with Gasteiger partial charge in [-0.05, 0) is 34.1 Å². The summed E-state index contributed by atoms with van der Waals surface area (Å²) in [6, 6.07) is 2.60. The average molecular weight is 255 g/mol. The zero-order valence-corrected chi connectivity index (χ0v) is 11.5. The predicted octanol–water partition coefficient (Wildman–Crippen LogP) is 2.52. The van der Waals surface area contributed by atoms with Crippen molar-refractivity contribution in [1.29, 1.82) is 5.26 Å². The topological polar surface area (TPSA) is 53.6 Å². The van der Waals surface area contributed by atoms with E-state index in [0.717, 1.165) is 5.69 Å². The van der Waals surface area contributed by atoms with Crippen LogP contribution in [-0.4, -0.2) is 21.4 Å². The maximum atomic E-state index is 9.20. The van der Waals surface area contributed by atoms with Gasteiger partial charge in [-0.3, -0.25) is 10.00 Å². The summed E-state index contributed by atoms with van der Waals surface area (Å²) in [7, 11) is 0. The first-order valence-electron chi connectivity index (χ1n) is 5.75. The molecular formula is C12H19ClN4. The van der Waals surface area contributed by atoms with Crippen LogP contribution in [0.4, 0.5) is 0 Å². The Morgan fingerprint density at radius 2 is 2.29 bits per heavy atom. The Bertz CT molecular complexity index is 399. The number of aryl methyl sites for hydroxylation is 2. The van der Waals surface area contributed by atoms with E-state index in [0.29, 0.717) is 18.0 Å². The highest BCUT2D eigenvalue weighted by Crippen LogP contribution is 2.15. The van der Waals surface area contributed by atoms with E-state index < -0.39 is 5.54 Å². The van der Waals surface area contributed by atoms with Gasteiger partial charge in [-0.1, -0.05) is 11.6 Å². The van der Waals surface area contributed by atoms with Crippen LogP contribution in [0.3, 0.4) is 0 Å². The van der Waals surface area contributed by atoms with Crippen LogP contribution >= 0.6 is 11.6 Å². The summed E-state index contributed by atoms with van der Waals surface area (Å²) in [6.45, 7) is 8.52. The van der Waals surface area contributed by atoms with Crippen LogP contribution in [0.15, 0.2) is 6.20 Å². The van der Waals surface area contributed by atoms with Crippen molar-refractivity contribution in [2.75, 3.05) is 0 Å². The fraction of sp³-hybridized carbons (Fsp3) is 0.667. The number of nitrogens with one attached hydrogen (secondary N) is 1. The molecule has 0 amide bonds. The van der Waals surface area contributed by atoms with Crippen molar-refractivity contribution in [3.05, 3.63) is 16.9 Å². The van der Waals surface area contributed by atoms with Crippen molar-refractivity contribution in [2.45, 2.75) is 52.2 Å². The molecule has 0 aliphatic rings. The molecule has 94 valence electrons. The van der Waals surface area contributed by atoms with Crippen LogP contribution in [0.5, 0.6) is 0 Å². The van der Waals surface area contributed by atoms with Gasteiger partial charge in [0.05, 0.1) is 16.8 Å². The van der Waals surface area contributed by atoms with Crippen LogP contribution in [0.25, 0.3) is 0 Å². The number of rotatable bonds is 5.